The Morgan fingerprint density at radius 2 is 1.60 bits per heavy atom. The van der Waals surface area contributed by atoms with E-state index in [-0.39, 0.29) is 24.7 Å². The van der Waals surface area contributed by atoms with Crippen LogP contribution in [0.4, 0.5) is 4.79 Å². The number of hydrogen-bond donors (Lipinski definition) is 5. The Morgan fingerprint density at radius 3 is 2.12 bits per heavy atom. The zero-order valence-corrected chi connectivity index (χ0v) is 24.1. The summed E-state index contributed by atoms with van der Waals surface area (Å²) < 4.78 is 5.13. The number of aliphatic hydroxyl groups is 1. The van der Waals surface area contributed by atoms with Gasteiger partial charge in [-0.3, -0.25) is 9.59 Å². The molecule has 6 N–H and O–H groups in total. The lowest BCUT2D eigenvalue weighted by Gasteiger charge is -2.30. The van der Waals surface area contributed by atoms with Crippen LogP contribution < -0.4 is 16.4 Å². The Morgan fingerprint density at radius 1 is 0.976 bits per heavy atom. The van der Waals surface area contributed by atoms with Crippen LogP contribution in [0.15, 0.2) is 85.8 Å². The van der Waals surface area contributed by atoms with Gasteiger partial charge in [-0.25, -0.2) is 9.78 Å². The molecule has 0 radical (unpaired) electrons. The minimum Gasteiger partial charge on any atom is -0.436 e. The number of carbonyl (C=O) groups excluding carboxylic acids is 3. The molecular weight excluding hydrogens is 534 g/mol. The van der Waals surface area contributed by atoms with Gasteiger partial charge in [0.25, 0.3) is 5.91 Å². The second-order valence-corrected chi connectivity index (χ2v) is 10.7. The predicted molar refractivity (Wildman–Crippen MR) is 160 cm³/mol. The third kappa shape index (κ3) is 10.2. The highest BCUT2D eigenvalue weighted by molar-refractivity contribution is 5.90. The fraction of sp³-hybridized carbons (Fsp3) is 0.375. The lowest BCUT2D eigenvalue weighted by atomic mass is 9.86. The van der Waals surface area contributed by atoms with Crippen molar-refractivity contribution >= 4 is 17.9 Å². The molecule has 1 aromatic heterocycles. The van der Waals surface area contributed by atoms with Crippen molar-refractivity contribution in [2.75, 3.05) is 0 Å². The molecule has 0 saturated heterocycles. The van der Waals surface area contributed by atoms with Crippen LogP contribution in [-0.2, 0) is 33.6 Å². The van der Waals surface area contributed by atoms with E-state index in [0.717, 1.165) is 11.1 Å². The number of nitrogens with zero attached hydrogens (tertiary/aromatic N) is 1. The molecule has 1 heterocycles. The molecule has 0 aliphatic carbocycles. The SMILES string of the molecule is C=C[C@@H](C[C@@H](O)[C@H](Cc1ccccc1)NC(=O)[C@@H](Cc1c[nH]cn1)NC(=O)[C@H](Cc1ccccc1)OC(N)=O)C(C)C. The molecule has 3 rings (SSSR count). The maximum Gasteiger partial charge on any atom is 0.405 e. The number of aliphatic hydroxyl groups excluding tert-OH is 1. The molecule has 0 fully saturated rings. The number of amides is 3. The van der Waals surface area contributed by atoms with Gasteiger partial charge in [-0.15, -0.1) is 6.58 Å². The van der Waals surface area contributed by atoms with Crippen molar-refractivity contribution in [1.82, 2.24) is 20.6 Å². The molecule has 10 nitrogen and oxygen atoms in total. The molecule has 224 valence electrons. The first kappa shape index (κ1) is 32.1. The van der Waals surface area contributed by atoms with Crippen molar-refractivity contribution in [2.45, 2.75) is 63.8 Å². The van der Waals surface area contributed by atoms with Crippen molar-refractivity contribution in [3.63, 3.8) is 0 Å². The number of H-pyrrole nitrogens is 1. The highest BCUT2D eigenvalue weighted by Crippen LogP contribution is 2.21. The number of allylic oxidation sites excluding steroid dienone is 1. The first-order chi connectivity index (χ1) is 20.2. The number of carbonyl (C=O) groups is 3. The second kappa shape index (κ2) is 16.1. The maximum absolute atomic E-state index is 13.8. The van der Waals surface area contributed by atoms with Gasteiger partial charge in [0, 0.05) is 19.0 Å². The molecule has 10 heteroatoms. The molecule has 0 spiro atoms. The molecule has 3 amide bonds. The Balaban J connectivity index is 1.84. The van der Waals surface area contributed by atoms with E-state index in [0.29, 0.717) is 18.5 Å². The van der Waals surface area contributed by atoms with E-state index in [1.807, 2.05) is 42.5 Å². The Kier molecular flexibility index (Phi) is 12.3. The van der Waals surface area contributed by atoms with Crippen LogP contribution in [0.3, 0.4) is 0 Å². The van der Waals surface area contributed by atoms with Gasteiger partial charge >= 0.3 is 6.09 Å². The fourth-order valence-corrected chi connectivity index (χ4v) is 4.76. The van der Waals surface area contributed by atoms with Crippen molar-refractivity contribution in [2.24, 2.45) is 17.6 Å². The van der Waals surface area contributed by atoms with E-state index in [1.165, 1.54) is 6.33 Å². The first-order valence-electron chi connectivity index (χ1n) is 14.1. The van der Waals surface area contributed by atoms with Crippen LogP contribution in [0.5, 0.6) is 0 Å². The average Bonchev–Trinajstić information content (AvgIpc) is 3.48. The van der Waals surface area contributed by atoms with Crippen LogP contribution in [0.25, 0.3) is 0 Å². The van der Waals surface area contributed by atoms with Gasteiger partial charge in [-0.05, 0) is 35.8 Å². The fourth-order valence-electron chi connectivity index (χ4n) is 4.76. The summed E-state index contributed by atoms with van der Waals surface area (Å²) in [5.41, 5.74) is 7.49. The molecule has 0 saturated carbocycles. The third-order valence-corrected chi connectivity index (χ3v) is 7.18. The normalized spacial score (nSPS) is 14.7. The van der Waals surface area contributed by atoms with Gasteiger partial charge in [-0.2, -0.15) is 0 Å². The summed E-state index contributed by atoms with van der Waals surface area (Å²) in [6.07, 6.45) is 2.58. The molecule has 5 atom stereocenters. The lowest BCUT2D eigenvalue weighted by Crippen LogP contribution is -2.56. The summed E-state index contributed by atoms with van der Waals surface area (Å²) in [5, 5.41) is 17.0. The van der Waals surface area contributed by atoms with E-state index in [9.17, 15) is 19.5 Å². The minimum atomic E-state index is -1.26. The molecule has 0 bridgehead atoms. The summed E-state index contributed by atoms with van der Waals surface area (Å²) in [4.78, 5) is 45.8. The van der Waals surface area contributed by atoms with Gasteiger partial charge in [-0.1, -0.05) is 80.6 Å². The zero-order valence-electron chi connectivity index (χ0n) is 24.1. The van der Waals surface area contributed by atoms with Crippen LogP contribution in [0.1, 0.15) is 37.1 Å². The Bertz CT molecular complexity index is 1270. The molecule has 3 aromatic rings. The highest BCUT2D eigenvalue weighted by atomic mass is 16.6. The molecule has 2 aromatic carbocycles. The monoisotopic (exact) mass is 575 g/mol. The van der Waals surface area contributed by atoms with Gasteiger partial charge in [0.15, 0.2) is 6.10 Å². The standard InChI is InChI=1S/C32H41N5O5/c1-4-24(21(2)3)17-28(38)26(15-22-11-7-5-8-12-22)36-30(39)27(18-25-19-34-20-35-25)37-31(40)29(42-32(33)41)16-23-13-9-6-10-14-23/h4-14,19-21,24,26-29,38H,1,15-18H2,2-3H3,(H2,33,41)(H,34,35)(H,36,39)(H,37,40)/t24-,26-,27+,28+,29-/m0/s1. The van der Waals surface area contributed by atoms with Gasteiger partial charge in [0.1, 0.15) is 6.04 Å². The first-order valence-corrected chi connectivity index (χ1v) is 14.1. The zero-order chi connectivity index (χ0) is 30.5. The summed E-state index contributed by atoms with van der Waals surface area (Å²) in [6.45, 7) is 8.02. The molecule has 0 aliphatic rings. The molecule has 42 heavy (non-hydrogen) atoms. The number of imidazole rings is 1. The molecule has 0 aliphatic heterocycles. The van der Waals surface area contributed by atoms with Crippen LogP contribution in [0.2, 0.25) is 0 Å². The van der Waals surface area contributed by atoms with Gasteiger partial charge < -0.3 is 31.2 Å². The minimum absolute atomic E-state index is 0.0411. The van der Waals surface area contributed by atoms with Gasteiger partial charge in [0.05, 0.1) is 24.2 Å². The number of aromatic amines is 1. The van der Waals surface area contributed by atoms with E-state index < -0.39 is 42.2 Å². The maximum atomic E-state index is 13.8. The van der Waals surface area contributed by atoms with Crippen molar-refractivity contribution in [1.29, 1.82) is 0 Å². The van der Waals surface area contributed by atoms with E-state index in [2.05, 4.69) is 41.0 Å². The number of aromatic nitrogens is 2. The Hall–Kier alpha value is -4.44. The van der Waals surface area contributed by atoms with Crippen molar-refractivity contribution in [3.05, 3.63) is 103 Å². The number of rotatable bonds is 16. The van der Waals surface area contributed by atoms with Crippen LogP contribution in [-0.4, -0.2) is 57.3 Å². The summed E-state index contributed by atoms with van der Waals surface area (Å²) >= 11 is 0. The third-order valence-electron chi connectivity index (χ3n) is 7.18. The number of nitrogens with two attached hydrogens (primary N) is 1. The largest absolute Gasteiger partial charge is 0.436 e. The van der Waals surface area contributed by atoms with Gasteiger partial charge in [0.2, 0.25) is 5.91 Å². The number of primary amides is 1. The van der Waals surface area contributed by atoms with Crippen LogP contribution >= 0.6 is 0 Å². The quantitative estimate of drug-likeness (QED) is 0.165. The Labute approximate surface area is 246 Å². The summed E-state index contributed by atoms with van der Waals surface area (Å²) in [7, 11) is 0. The number of hydrogen-bond acceptors (Lipinski definition) is 6. The van der Waals surface area contributed by atoms with E-state index in [4.69, 9.17) is 10.5 Å². The van der Waals surface area contributed by atoms with Crippen molar-refractivity contribution < 1.29 is 24.2 Å². The smallest absolute Gasteiger partial charge is 0.405 e. The molecular formula is C32H41N5O5. The highest BCUT2D eigenvalue weighted by Gasteiger charge is 2.32. The number of nitrogens with one attached hydrogen (secondary N) is 3. The van der Waals surface area contributed by atoms with Crippen LogP contribution in [0, 0.1) is 11.8 Å². The number of benzene rings is 2. The van der Waals surface area contributed by atoms with Crippen molar-refractivity contribution in [3.8, 4) is 0 Å². The molecule has 0 unspecified atom stereocenters. The summed E-state index contributed by atoms with van der Waals surface area (Å²) in [6, 6.07) is 16.8. The summed E-state index contributed by atoms with van der Waals surface area (Å²) in [5.74, 6) is -0.897. The lowest BCUT2D eigenvalue weighted by molar-refractivity contribution is -0.134. The second-order valence-electron chi connectivity index (χ2n) is 10.7. The average molecular weight is 576 g/mol. The van der Waals surface area contributed by atoms with E-state index >= 15 is 0 Å². The number of ether oxygens (including phenoxy) is 1. The van der Waals surface area contributed by atoms with E-state index in [1.54, 1.807) is 30.5 Å². The topological polar surface area (TPSA) is 159 Å². The predicted octanol–water partition coefficient (Wildman–Crippen LogP) is 3.08.